The van der Waals surface area contributed by atoms with Crippen LogP contribution in [0.4, 0.5) is 0 Å². The minimum Gasteiger partial charge on any atom is -0.371 e. The lowest BCUT2D eigenvalue weighted by atomic mass is 10.0. The molecule has 0 aliphatic carbocycles. The summed E-state index contributed by atoms with van der Waals surface area (Å²) in [5, 5.41) is 8.70. The molecule has 2 N–H and O–H groups in total. The van der Waals surface area contributed by atoms with Crippen LogP contribution in [0, 0.1) is 0 Å². The first-order valence-corrected chi connectivity index (χ1v) is 6.24. The molecular formula is C11H18N2OS. The van der Waals surface area contributed by atoms with Crippen LogP contribution in [0.2, 0.25) is 0 Å². The van der Waals surface area contributed by atoms with Crippen LogP contribution in [0.15, 0.2) is 17.5 Å². The summed E-state index contributed by atoms with van der Waals surface area (Å²) in [7, 11) is 0. The molecule has 1 aliphatic heterocycles. The van der Waals surface area contributed by atoms with E-state index in [4.69, 9.17) is 4.74 Å². The van der Waals surface area contributed by atoms with Crippen LogP contribution < -0.4 is 10.6 Å². The molecule has 2 rings (SSSR count). The molecule has 1 aromatic rings. The predicted octanol–water partition coefficient (Wildman–Crippen LogP) is 1.22. The van der Waals surface area contributed by atoms with E-state index < -0.39 is 0 Å². The second-order valence-electron chi connectivity index (χ2n) is 4.16. The molecule has 1 fully saturated rings. The molecule has 0 spiro atoms. The van der Waals surface area contributed by atoms with Crippen LogP contribution >= 0.6 is 11.3 Å². The zero-order valence-corrected chi connectivity index (χ0v) is 9.90. The van der Waals surface area contributed by atoms with Crippen LogP contribution in [0.25, 0.3) is 0 Å². The molecule has 1 aliphatic rings. The maximum Gasteiger partial charge on any atom is 0.0902 e. The minimum atomic E-state index is 0.0879. The normalized spacial score (nSPS) is 18.7. The van der Waals surface area contributed by atoms with Crippen molar-refractivity contribution in [1.29, 1.82) is 0 Å². The third-order valence-corrected chi connectivity index (χ3v) is 3.48. The average Bonchev–Trinajstić information content (AvgIpc) is 2.67. The first-order valence-electron chi connectivity index (χ1n) is 5.36. The highest BCUT2D eigenvalue weighted by Gasteiger charge is 2.31. The Balaban J connectivity index is 1.52. The summed E-state index contributed by atoms with van der Waals surface area (Å²) in [5.74, 6) is 0. The Labute approximate surface area is 94.8 Å². The van der Waals surface area contributed by atoms with Crippen molar-refractivity contribution < 1.29 is 4.74 Å². The van der Waals surface area contributed by atoms with Gasteiger partial charge in [0.05, 0.1) is 12.2 Å². The summed E-state index contributed by atoms with van der Waals surface area (Å²) in [4.78, 5) is 1.38. The van der Waals surface area contributed by atoms with Gasteiger partial charge in [-0.25, -0.2) is 0 Å². The smallest absolute Gasteiger partial charge is 0.0902 e. The molecule has 1 saturated heterocycles. The van der Waals surface area contributed by atoms with Gasteiger partial charge in [-0.3, -0.25) is 0 Å². The standard InChI is InChI=1S/C11H18N2OS/c1-11(8-13-9-11)14-5-4-12-7-10-3-2-6-15-10/h2-3,6,12-13H,4-5,7-9H2,1H3. The van der Waals surface area contributed by atoms with E-state index in [-0.39, 0.29) is 5.60 Å². The van der Waals surface area contributed by atoms with Gasteiger partial charge in [-0.2, -0.15) is 0 Å². The molecule has 84 valence electrons. The topological polar surface area (TPSA) is 33.3 Å². The molecule has 0 unspecified atom stereocenters. The van der Waals surface area contributed by atoms with Crippen molar-refractivity contribution in [1.82, 2.24) is 10.6 Å². The largest absolute Gasteiger partial charge is 0.371 e. The van der Waals surface area contributed by atoms with Gasteiger partial charge >= 0.3 is 0 Å². The number of hydrogen-bond acceptors (Lipinski definition) is 4. The van der Waals surface area contributed by atoms with E-state index in [9.17, 15) is 0 Å². The maximum absolute atomic E-state index is 5.76. The van der Waals surface area contributed by atoms with Crippen LogP contribution in [0.1, 0.15) is 11.8 Å². The molecular weight excluding hydrogens is 208 g/mol. The van der Waals surface area contributed by atoms with E-state index in [2.05, 4.69) is 35.1 Å². The molecule has 0 atom stereocenters. The van der Waals surface area contributed by atoms with Gasteiger partial charge in [-0.05, 0) is 18.4 Å². The first kappa shape index (κ1) is 11.1. The predicted molar refractivity (Wildman–Crippen MR) is 63.3 cm³/mol. The number of thiophene rings is 1. The van der Waals surface area contributed by atoms with Gasteiger partial charge in [0.1, 0.15) is 0 Å². The molecule has 0 amide bonds. The Hall–Kier alpha value is -0.420. The molecule has 3 nitrogen and oxygen atoms in total. The fourth-order valence-electron chi connectivity index (χ4n) is 1.57. The van der Waals surface area contributed by atoms with Gasteiger partial charge in [0, 0.05) is 31.1 Å². The Kier molecular flexibility index (Phi) is 3.75. The van der Waals surface area contributed by atoms with Crippen molar-refractivity contribution in [2.45, 2.75) is 19.1 Å². The quantitative estimate of drug-likeness (QED) is 0.716. The molecule has 0 aromatic carbocycles. The number of rotatable bonds is 6. The third-order valence-electron chi connectivity index (χ3n) is 2.61. The summed E-state index contributed by atoms with van der Waals surface area (Å²) in [6.45, 7) is 6.80. The third kappa shape index (κ3) is 3.28. The fourth-order valence-corrected chi connectivity index (χ4v) is 2.25. The van der Waals surface area contributed by atoms with Crippen LogP contribution in [0.5, 0.6) is 0 Å². The van der Waals surface area contributed by atoms with Gasteiger partial charge in [0.15, 0.2) is 0 Å². The first-order chi connectivity index (χ1) is 7.29. The molecule has 0 bridgehead atoms. The molecule has 0 radical (unpaired) electrons. The van der Waals surface area contributed by atoms with Gasteiger partial charge in [0.2, 0.25) is 0 Å². The lowest BCUT2D eigenvalue weighted by Gasteiger charge is -2.39. The summed E-state index contributed by atoms with van der Waals surface area (Å²) >= 11 is 1.79. The van der Waals surface area contributed by atoms with Crippen molar-refractivity contribution >= 4 is 11.3 Å². The number of ether oxygens (including phenoxy) is 1. The second kappa shape index (κ2) is 5.07. The van der Waals surface area contributed by atoms with E-state index in [1.165, 1.54) is 4.88 Å². The second-order valence-corrected chi connectivity index (χ2v) is 5.19. The monoisotopic (exact) mass is 226 g/mol. The van der Waals surface area contributed by atoms with Crippen LogP contribution in [0.3, 0.4) is 0 Å². The van der Waals surface area contributed by atoms with Crippen LogP contribution in [-0.4, -0.2) is 31.8 Å². The van der Waals surface area contributed by atoms with E-state index in [1.54, 1.807) is 11.3 Å². The highest BCUT2D eigenvalue weighted by Crippen LogP contribution is 2.14. The highest BCUT2D eigenvalue weighted by atomic mass is 32.1. The lowest BCUT2D eigenvalue weighted by Crippen LogP contribution is -2.59. The van der Waals surface area contributed by atoms with E-state index in [0.717, 1.165) is 32.8 Å². The average molecular weight is 226 g/mol. The van der Waals surface area contributed by atoms with E-state index in [1.807, 2.05) is 0 Å². The maximum atomic E-state index is 5.76. The Morgan fingerprint density at radius 3 is 3.07 bits per heavy atom. The lowest BCUT2D eigenvalue weighted by molar-refractivity contribution is -0.0648. The van der Waals surface area contributed by atoms with Gasteiger partial charge in [-0.15, -0.1) is 11.3 Å². The van der Waals surface area contributed by atoms with Crippen molar-refractivity contribution in [3.63, 3.8) is 0 Å². The molecule has 2 heterocycles. The highest BCUT2D eigenvalue weighted by molar-refractivity contribution is 7.09. The number of nitrogens with one attached hydrogen (secondary N) is 2. The minimum absolute atomic E-state index is 0.0879. The summed E-state index contributed by atoms with van der Waals surface area (Å²) in [6.07, 6.45) is 0. The van der Waals surface area contributed by atoms with Crippen molar-refractivity contribution in [3.8, 4) is 0 Å². The van der Waals surface area contributed by atoms with Crippen molar-refractivity contribution in [2.75, 3.05) is 26.2 Å². The number of hydrogen-bond donors (Lipinski definition) is 2. The molecule has 4 heteroatoms. The van der Waals surface area contributed by atoms with E-state index >= 15 is 0 Å². The Morgan fingerprint density at radius 1 is 1.60 bits per heavy atom. The molecule has 0 saturated carbocycles. The van der Waals surface area contributed by atoms with Crippen molar-refractivity contribution in [2.24, 2.45) is 0 Å². The van der Waals surface area contributed by atoms with Crippen LogP contribution in [-0.2, 0) is 11.3 Å². The molecule has 15 heavy (non-hydrogen) atoms. The Bertz CT molecular complexity index is 283. The SMILES string of the molecule is CC1(OCCNCc2cccs2)CNC1. The summed E-state index contributed by atoms with van der Waals surface area (Å²) in [6, 6.07) is 4.23. The van der Waals surface area contributed by atoms with Gasteiger partial charge in [-0.1, -0.05) is 6.07 Å². The summed E-state index contributed by atoms with van der Waals surface area (Å²) < 4.78 is 5.76. The molecule has 1 aromatic heterocycles. The zero-order valence-electron chi connectivity index (χ0n) is 9.08. The fraction of sp³-hybridized carbons (Fsp3) is 0.636. The van der Waals surface area contributed by atoms with E-state index in [0.29, 0.717) is 0 Å². The summed E-state index contributed by atoms with van der Waals surface area (Å²) in [5.41, 5.74) is 0.0879. The zero-order chi connectivity index (χ0) is 10.6. The van der Waals surface area contributed by atoms with Crippen molar-refractivity contribution in [3.05, 3.63) is 22.4 Å². The van der Waals surface area contributed by atoms with Gasteiger partial charge < -0.3 is 15.4 Å². The van der Waals surface area contributed by atoms with Gasteiger partial charge in [0.25, 0.3) is 0 Å². The Morgan fingerprint density at radius 2 is 2.47 bits per heavy atom.